The number of nitrogens with zero attached hydrogens (tertiary/aromatic N) is 1. The molecule has 5 nitrogen and oxygen atoms in total. The third kappa shape index (κ3) is 4.66. The van der Waals surface area contributed by atoms with E-state index in [2.05, 4.69) is 10.5 Å². The van der Waals surface area contributed by atoms with Gasteiger partial charge in [-0.3, -0.25) is 0 Å². The number of aliphatic hydroxyl groups excluding tert-OH is 1. The quantitative estimate of drug-likeness (QED) is 0.178. The largest absolute Gasteiger partial charge is 0.409 e. The Morgan fingerprint density at radius 3 is 2.53 bits per heavy atom. The van der Waals surface area contributed by atoms with Crippen LogP contribution in [0.2, 0.25) is 0 Å². The Labute approximate surface area is 116 Å². The molecule has 1 saturated carbocycles. The third-order valence-corrected chi connectivity index (χ3v) is 4.46. The van der Waals surface area contributed by atoms with Gasteiger partial charge in [0.25, 0.3) is 0 Å². The number of rotatable bonds is 8. The zero-order chi connectivity index (χ0) is 14.4. The van der Waals surface area contributed by atoms with E-state index in [1.54, 1.807) is 0 Å². The summed E-state index contributed by atoms with van der Waals surface area (Å²) in [5.74, 6) is 0.287. The Morgan fingerprint density at radius 1 is 1.37 bits per heavy atom. The maximum atomic E-state index is 9.51. The number of oxime groups is 1. The molecule has 0 amide bonds. The number of hydrogen-bond acceptors (Lipinski definition) is 4. The first-order chi connectivity index (χ1) is 8.96. The van der Waals surface area contributed by atoms with E-state index in [4.69, 9.17) is 10.9 Å². The fourth-order valence-corrected chi connectivity index (χ4v) is 2.79. The van der Waals surface area contributed by atoms with Crippen molar-refractivity contribution in [3.05, 3.63) is 0 Å². The number of nitrogens with two attached hydrogens (primary N) is 1. The third-order valence-electron chi connectivity index (χ3n) is 4.46. The SMILES string of the molecule is CC(C)(CCCNCC1(CO)CCCC1)C(N)=NO. The van der Waals surface area contributed by atoms with E-state index in [9.17, 15) is 5.11 Å². The monoisotopic (exact) mass is 271 g/mol. The molecule has 0 aromatic rings. The van der Waals surface area contributed by atoms with Crippen LogP contribution >= 0.6 is 0 Å². The summed E-state index contributed by atoms with van der Waals surface area (Å²) in [6, 6.07) is 0. The van der Waals surface area contributed by atoms with Gasteiger partial charge >= 0.3 is 0 Å². The Balaban J connectivity index is 2.21. The van der Waals surface area contributed by atoms with Crippen LogP contribution in [-0.2, 0) is 0 Å². The lowest BCUT2D eigenvalue weighted by Crippen LogP contribution is -2.36. The van der Waals surface area contributed by atoms with E-state index in [1.165, 1.54) is 12.8 Å². The zero-order valence-electron chi connectivity index (χ0n) is 12.3. The van der Waals surface area contributed by atoms with Gasteiger partial charge in [0, 0.05) is 24.0 Å². The van der Waals surface area contributed by atoms with E-state index in [1.807, 2.05) is 13.8 Å². The van der Waals surface area contributed by atoms with Gasteiger partial charge in [0.15, 0.2) is 0 Å². The van der Waals surface area contributed by atoms with Gasteiger partial charge in [-0.05, 0) is 32.2 Å². The van der Waals surface area contributed by atoms with Crippen molar-refractivity contribution in [3.63, 3.8) is 0 Å². The van der Waals surface area contributed by atoms with Crippen LogP contribution in [0.15, 0.2) is 5.16 Å². The smallest absolute Gasteiger partial charge is 0.144 e. The molecule has 0 radical (unpaired) electrons. The number of hydrogen-bond donors (Lipinski definition) is 4. The molecule has 1 rings (SSSR count). The van der Waals surface area contributed by atoms with Gasteiger partial charge in [-0.2, -0.15) is 0 Å². The average molecular weight is 271 g/mol. The summed E-state index contributed by atoms with van der Waals surface area (Å²) in [7, 11) is 0. The highest BCUT2D eigenvalue weighted by atomic mass is 16.4. The molecule has 0 unspecified atom stereocenters. The van der Waals surface area contributed by atoms with Crippen molar-refractivity contribution in [1.29, 1.82) is 0 Å². The zero-order valence-corrected chi connectivity index (χ0v) is 12.3. The number of aliphatic hydroxyl groups is 1. The first-order valence-corrected chi connectivity index (χ1v) is 7.25. The van der Waals surface area contributed by atoms with Crippen LogP contribution in [0.3, 0.4) is 0 Å². The Kier molecular flexibility index (Phi) is 6.07. The molecule has 0 aromatic heterocycles. The van der Waals surface area contributed by atoms with Crippen molar-refractivity contribution in [2.45, 2.75) is 52.4 Å². The van der Waals surface area contributed by atoms with Gasteiger partial charge in [0.1, 0.15) is 5.84 Å². The summed E-state index contributed by atoms with van der Waals surface area (Å²) < 4.78 is 0. The van der Waals surface area contributed by atoms with Crippen LogP contribution in [0.25, 0.3) is 0 Å². The highest BCUT2D eigenvalue weighted by Crippen LogP contribution is 2.36. The lowest BCUT2D eigenvalue weighted by Gasteiger charge is -2.27. The Hall–Kier alpha value is -0.810. The summed E-state index contributed by atoms with van der Waals surface area (Å²) in [6.45, 7) is 6.05. The predicted octanol–water partition coefficient (Wildman–Crippen LogP) is 1.68. The van der Waals surface area contributed by atoms with E-state index in [-0.39, 0.29) is 23.3 Å². The van der Waals surface area contributed by atoms with Gasteiger partial charge in [0.05, 0.1) is 0 Å². The summed E-state index contributed by atoms with van der Waals surface area (Å²) >= 11 is 0. The summed E-state index contributed by atoms with van der Waals surface area (Å²) in [5.41, 5.74) is 5.50. The lowest BCUT2D eigenvalue weighted by atomic mass is 9.86. The van der Waals surface area contributed by atoms with Crippen molar-refractivity contribution < 1.29 is 10.3 Å². The van der Waals surface area contributed by atoms with Gasteiger partial charge in [-0.25, -0.2) is 0 Å². The van der Waals surface area contributed by atoms with E-state index < -0.39 is 0 Å². The van der Waals surface area contributed by atoms with E-state index >= 15 is 0 Å². The molecule has 5 N–H and O–H groups in total. The summed E-state index contributed by atoms with van der Waals surface area (Å²) in [6.07, 6.45) is 6.59. The van der Waals surface area contributed by atoms with Gasteiger partial charge in [-0.1, -0.05) is 31.8 Å². The van der Waals surface area contributed by atoms with Crippen molar-refractivity contribution in [1.82, 2.24) is 5.32 Å². The minimum Gasteiger partial charge on any atom is -0.409 e. The maximum Gasteiger partial charge on any atom is 0.144 e. The normalized spacial score (nSPS) is 19.8. The molecule has 0 spiro atoms. The van der Waals surface area contributed by atoms with Crippen LogP contribution < -0.4 is 11.1 Å². The first-order valence-electron chi connectivity index (χ1n) is 7.25. The highest BCUT2D eigenvalue weighted by molar-refractivity contribution is 5.85. The van der Waals surface area contributed by atoms with Crippen LogP contribution in [-0.4, -0.2) is 35.8 Å². The molecular formula is C14H29N3O2. The lowest BCUT2D eigenvalue weighted by molar-refractivity contribution is 0.128. The van der Waals surface area contributed by atoms with Crippen molar-refractivity contribution in [2.75, 3.05) is 19.7 Å². The Morgan fingerprint density at radius 2 is 2.00 bits per heavy atom. The Bertz CT molecular complexity index is 297. The minimum atomic E-state index is -0.265. The first kappa shape index (κ1) is 16.2. The molecule has 0 atom stereocenters. The maximum absolute atomic E-state index is 9.51. The molecule has 0 bridgehead atoms. The van der Waals surface area contributed by atoms with Crippen LogP contribution in [0, 0.1) is 10.8 Å². The van der Waals surface area contributed by atoms with Crippen LogP contribution in [0.4, 0.5) is 0 Å². The number of amidine groups is 1. The number of nitrogens with one attached hydrogen (secondary N) is 1. The molecule has 1 aliphatic carbocycles. The van der Waals surface area contributed by atoms with Gasteiger partial charge < -0.3 is 21.4 Å². The second-order valence-corrected chi connectivity index (χ2v) is 6.51. The fraction of sp³-hybridized carbons (Fsp3) is 0.929. The summed E-state index contributed by atoms with van der Waals surface area (Å²) in [5, 5.41) is 24.7. The van der Waals surface area contributed by atoms with E-state index in [0.717, 1.165) is 38.8 Å². The van der Waals surface area contributed by atoms with Crippen molar-refractivity contribution in [2.24, 2.45) is 21.7 Å². The molecular weight excluding hydrogens is 242 g/mol. The molecule has 5 heteroatoms. The molecule has 0 heterocycles. The van der Waals surface area contributed by atoms with Crippen LogP contribution in [0.5, 0.6) is 0 Å². The second-order valence-electron chi connectivity index (χ2n) is 6.51. The molecule has 1 aliphatic rings. The molecule has 0 aliphatic heterocycles. The topological polar surface area (TPSA) is 90.9 Å². The standard InChI is InChI=1S/C14H29N3O2/c1-13(2,12(15)17-19)6-5-9-16-10-14(11-18)7-3-4-8-14/h16,18-19H,3-11H2,1-2H3,(H2,15,17). The van der Waals surface area contributed by atoms with Crippen molar-refractivity contribution >= 4 is 5.84 Å². The molecule has 1 fully saturated rings. The fourth-order valence-electron chi connectivity index (χ4n) is 2.79. The second kappa shape index (κ2) is 7.10. The molecule has 112 valence electrons. The van der Waals surface area contributed by atoms with Gasteiger partial charge in [0.2, 0.25) is 0 Å². The molecule has 0 saturated heterocycles. The van der Waals surface area contributed by atoms with Crippen molar-refractivity contribution in [3.8, 4) is 0 Å². The molecule has 19 heavy (non-hydrogen) atoms. The summed E-state index contributed by atoms with van der Waals surface area (Å²) in [4.78, 5) is 0. The molecule has 0 aromatic carbocycles. The highest BCUT2D eigenvalue weighted by Gasteiger charge is 2.32. The van der Waals surface area contributed by atoms with Gasteiger partial charge in [-0.15, -0.1) is 0 Å². The average Bonchev–Trinajstić information content (AvgIpc) is 2.86. The predicted molar refractivity (Wildman–Crippen MR) is 77.3 cm³/mol. The minimum absolute atomic E-state index is 0.112. The van der Waals surface area contributed by atoms with E-state index in [0.29, 0.717) is 0 Å². The van der Waals surface area contributed by atoms with Crippen LogP contribution in [0.1, 0.15) is 52.4 Å².